The molecule has 24 heavy (non-hydrogen) atoms. The van der Waals surface area contributed by atoms with Crippen LogP contribution in [0.5, 0.6) is 0 Å². The van der Waals surface area contributed by atoms with Gasteiger partial charge in [0.1, 0.15) is 11.3 Å². The Morgan fingerprint density at radius 1 is 0.583 bits per heavy atom. The Kier molecular flexibility index (Phi) is 2.95. The van der Waals surface area contributed by atoms with E-state index in [1.807, 2.05) is 36.4 Å². The molecular weight excluding hydrogens is 343 g/mol. The van der Waals surface area contributed by atoms with Gasteiger partial charge in [-0.05, 0) is 62.1 Å². The fourth-order valence-electron chi connectivity index (χ4n) is 4.15. The first-order chi connectivity index (χ1) is 11.5. The Morgan fingerprint density at radius 2 is 0.958 bits per heavy atom. The standard InChI is InChI=1S/C18H18Cl2N4/c19-11-1-3-13-15(9-11)23-17(21-13)5-7-18(8-6-17)22-14-4-2-12(20)10-16(14)24-18/h1-4,9-10,21-24H,5-8H2. The van der Waals surface area contributed by atoms with Crippen molar-refractivity contribution in [1.29, 1.82) is 0 Å². The van der Waals surface area contributed by atoms with E-state index >= 15 is 0 Å². The van der Waals surface area contributed by atoms with Gasteiger partial charge in [-0.1, -0.05) is 23.2 Å². The number of hydrogen-bond acceptors (Lipinski definition) is 4. The molecular formula is C18H18Cl2N4. The first kappa shape index (κ1) is 14.6. The predicted octanol–water partition coefficient (Wildman–Crippen LogP) is 5.34. The Labute approximate surface area is 150 Å². The van der Waals surface area contributed by atoms with E-state index in [-0.39, 0.29) is 11.3 Å². The molecule has 0 bridgehead atoms. The number of rotatable bonds is 0. The summed E-state index contributed by atoms with van der Waals surface area (Å²) in [6.45, 7) is 0. The van der Waals surface area contributed by atoms with E-state index < -0.39 is 0 Å². The van der Waals surface area contributed by atoms with Crippen LogP contribution in [0.1, 0.15) is 25.7 Å². The van der Waals surface area contributed by atoms with Crippen molar-refractivity contribution in [2.75, 3.05) is 21.3 Å². The van der Waals surface area contributed by atoms with E-state index in [0.717, 1.165) is 58.5 Å². The topological polar surface area (TPSA) is 48.1 Å². The highest BCUT2D eigenvalue weighted by Gasteiger charge is 2.47. The molecule has 6 heteroatoms. The minimum Gasteiger partial charge on any atom is -0.361 e. The molecule has 1 saturated carbocycles. The first-order valence-corrected chi connectivity index (χ1v) is 9.02. The van der Waals surface area contributed by atoms with Crippen LogP contribution < -0.4 is 21.3 Å². The highest BCUT2D eigenvalue weighted by Crippen LogP contribution is 2.48. The summed E-state index contributed by atoms with van der Waals surface area (Å²) in [5.41, 5.74) is 4.32. The summed E-state index contributed by atoms with van der Waals surface area (Å²) in [6.07, 6.45) is 4.06. The molecule has 5 rings (SSSR count). The van der Waals surface area contributed by atoms with Gasteiger partial charge in [0.2, 0.25) is 0 Å². The van der Waals surface area contributed by atoms with Gasteiger partial charge in [-0.15, -0.1) is 0 Å². The van der Waals surface area contributed by atoms with Crippen molar-refractivity contribution >= 4 is 46.0 Å². The van der Waals surface area contributed by atoms with Crippen LogP contribution in [0.4, 0.5) is 22.7 Å². The number of benzene rings is 2. The van der Waals surface area contributed by atoms with Crippen molar-refractivity contribution < 1.29 is 0 Å². The SMILES string of the molecule is Clc1ccc2c(c1)NC1(CCC3(CC1)Nc1ccc(Cl)cc1N3)N2. The lowest BCUT2D eigenvalue weighted by Gasteiger charge is -2.44. The van der Waals surface area contributed by atoms with Crippen LogP contribution in [0.25, 0.3) is 0 Å². The van der Waals surface area contributed by atoms with Gasteiger partial charge in [-0.3, -0.25) is 0 Å². The van der Waals surface area contributed by atoms with Gasteiger partial charge in [-0.2, -0.15) is 0 Å². The van der Waals surface area contributed by atoms with Gasteiger partial charge in [0.05, 0.1) is 22.7 Å². The molecule has 1 fully saturated rings. The molecule has 2 aliphatic heterocycles. The van der Waals surface area contributed by atoms with Crippen LogP contribution in [0.3, 0.4) is 0 Å². The highest BCUT2D eigenvalue weighted by molar-refractivity contribution is 6.31. The van der Waals surface area contributed by atoms with E-state index in [0.29, 0.717) is 0 Å². The van der Waals surface area contributed by atoms with Crippen molar-refractivity contribution in [3.63, 3.8) is 0 Å². The monoisotopic (exact) mass is 360 g/mol. The zero-order valence-corrected chi connectivity index (χ0v) is 14.6. The number of nitrogens with one attached hydrogen (secondary N) is 4. The van der Waals surface area contributed by atoms with Gasteiger partial charge in [0.15, 0.2) is 0 Å². The zero-order chi connectivity index (χ0) is 16.4. The van der Waals surface area contributed by atoms with Crippen LogP contribution in [0, 0.1) is 0 Å². The molecule has 1 aliphatic carbocycles. The average Bonchev–Trinajstić information content (AvgIpc) is 3.08. The molecule has 4 N–H and O–H groups in total. The van der Waals surface area contributed by atoms with Crippen LogP contribution >= 0.6 is 23.2 Å². The second-order valence-corrected chi connectivity index (χ2v) is 7.92. The van der Waals surface area contributed by atoms with Crippen molar-refractivity contribution in [2.24, 2.45) is 0 Å². The summed E-state index contributed by atoms with van der Waals surface area (Å²) in [4.78, 5) is 0. The molecule has 2 heterocycles. The third kappa shape index (κ3) is 2.20. The van der Waals surface area contributed by atoms with Crippen molar-refractivity contribution in [2.45, 2.75) is 37.0 Å². The molecule has 0 unspecified atom stereocenters. The van der Waals surface area contributed by atoms with Gasteiger partial charge in [0, 0.05) is 10.0 Å². The highest BCUT2D eigenvalue weighted by atomic mass is 35.5. The van der Waals surface area contributed by atoms with Crippen LogP contribution in [-0.4, -0.2) is 11.3 Å². The molecule has 0 saturated heterocycles. The van der Waals surface area contributed by atoms with Crippen LogP contribution in [0.2, 0.25) is 10.0 Å². The fraction of sp³-hybridized carbons (Fsp3) is 0.333. The third-order valence-corrected chi connectivity index (χ3v) is 5.89. The molecule has 2 spiro atoms. The number of anilines is 4. The number of halogens is 2. The number of hydrogen-bond donors (Lipinski definition) is 4. The maximum Gasteiger partial charge on any atom is 0.108 e. The smallest absolute Gasteiger partial charge is 0.108 e. The summed E-state index contributed by atoms with van der Waals surface area (Å²) < 4.78 is 0. The van der Waals surface area contributed by atoms with E-state index in [2.05, 4.69) is 21.3 Å². The molecule has 4 nitrogen and oxygen atoms in total. The minimum absolute atomic E-state index is 0.0754. The third-order valence-electron chi connectivity index (χ3n) is 5.42. The second kappa shape index (κ2) is 4.87. The first-order valence-electron chi connectivity index (χ1n) is 8.27. The van der Waals surface area contributed by atoms with Gasteiger partial charge < -0.3 is 21.3 Å². The van der Waals surface area contributed by atoms with Crippen LogP contribution in [0.15, 0.2) is 36.4 Å². The molecule has 0 atom stereocenters. The molecule has 2 aromatic carbocycles. The average molecular weight is 361 g/mol. The Morgan fingerprint density at radius 3 is 1.38 bits per heavy atom. The molecule has 3 aliphatic rings. The lowest BCUT2D eigenvalue weighted by atomic mass is 9.82. The van der Waals surface area contributed by atoms with Gasteiger partial charge >= 0.3 is 0 Å². The maximum atomic E-state index is 6.11. The molecule has 0 radical (unpaired) electrons. The summed E-state index contributed by atoms with van der Waals surface area (Å²) in [5, 5.41) is 16.2. The van der Waals surface area contributed by atoms with E-state index in [9.17, 15) is 0 Å². The molecule has 0 aromatic heterocycles. The second-order valence-electron chi connectivity index (χ2n) is 7.04. The molecule has 0 amide bonds. The Bertz CT molecular complexity index is 758. The minimum atomic E-state index is -0.0754. The summed E-state index contributed by atoms with van der Waals surface area (Å²) in [6, 6.07) is 11.9. The summed E-state index contributed by atoms with van der Waals surface area (Å²) in [7, 11) is 0. The molecule has 2 aromatic rings. The van der Waals surface area contributed by atoms with Crippen molar-refractivity contribution in [3.8, 4) is 0 Å². The van der Waals surface area contributed by atoms with Gasteiger partial charge in [-0.25, -0.2) is 0 Å². The van der Waals surface area contributed by atoms with E-state index in [4.69, 9.17) is 23.2 Å². The summed E-state index contributed by atoms with van der Waals surface area (Å²) >= 11 is 12.2. The largest absolute Gasteiger partial charge is 0.361 e. The quantitative estimate of drug-likeness (QED) is 0.512. The lowest BCUT2D eigenvalue weighted by Crippen LogP contribution is -2.54. The van der Waals surface area contributed by atoms with E-state index in [1.54, 1.807) is 0 Å². The number of fused-ring (bicyclic) bond motifs is 2. The zero-order valence-electron chi connectivity index (χ0n) is 13.0. The van der Waals surface area contributed by atoms with Crippen molar-refractivity contribution in [1.82, 2.24) is 0 Å². The molecule has 124 valence electrons. The van der Waals surface area contributed by atoms with Crippen LogP contribution in [-0.2, 0) is 0 Å². The van der Waals surface area contributed by atoms with Crippen molar-refractivity contribution in [3.05, 3.63) is 46.4 Å². The van der Waals surface area contributed by atoms with Gasteiger partial charge in [0.25, 0.3) is 0 Å². The predicted molar refractivity (Wildman–Crippen MR) is 101 cm³/mol. The maximum absolute atomic E-state index is 6.11. The lowest BCUT2D eigenvalue weighted by molar-refractivity contribution is 0.286. The normalized spacial score (nSPS) is 29.4. The Balaban J connectivity index is 1.34. The summed E-state index contributed by atoms with van der Waals surface area (Å²) in [5.74, 6) is 0. The fourth-order valence-corrected chi connectivity index (χ4v) is 4.50. The van der Waals surface area contributed by atoms with E-state index in [1.165, 1.54) is 0 Å². The Hall–Kier alpha value is -1.78.